The van der Waals surface area contributed by atoms with Crippen LogP contribution in [0.1, 0.15) is 17.2 Å². The summed E-state index contributed by atoms with van der Waals surface area (Å²) in [6.07, 6.45) is 0. The number of hydrogen-bond acceptors (Lipinski definition) is 3. The van der Waals surface area contributed by atoms with Crippen molar-refractivity contribution < 1.29 is 13.2 Å². The lowest BCUT2D eigenvalue weighted by Crippen LogP contribution is -2.42. The van der Waals surface area contributed by atoms with Crippen LogP contribution in [0, 0.1) is 0 Å². The third kappa shape index (κ3) is 1.92. The van der Waals surface area contributed by atoms with E-state index >= 15 is 0 Å². The second-order valence-electron chi connectivity index (χ2n) is 3.76. The van der Waals surface area contributed by atoms with Crippen LogP contribution in [0.4, 0.5) is 0 Å². The van der Waals surface area contributed by atoms with E-state index in [0.717, 1.165) is 9.87 Å². The summed E-state index contributed by atoms with van der Waals surface area (Å²) in [4.78, 5) is 11.4. The second kappa shape index (κ2) is 4.10. The van der Waals surface area contributed by atoms with E-state index in [1.807, 2.05) is 0 Å². The van der Waals surface area contributed by atoms with Crippen LogP contribution in [0.25, 0.3) is 0 Å². The van der Waals surface area contributed by atoms with Crippen molar-refractivity contribution in [2.45, 2.75) is 12.6 Å². The summed E-state index contributed by atoms with van der Waals surface area (Å²) < 4.78 is 26.8. The molecule has 1 aromatic rings. The highest BCUT2D eigenvalue weighted by Crippen LogP contribution is 2.34. The van der Waals surface area contributed by atoms with Crippen LogP contribution < -0.4 is 10.5 Å². The van der Waals surface area contributed by atoms with E-state index in [1.54, 1.807) is 24.3 Å². The number of primary amides is 1. The fourth-order valence-corrected chi connectivity index (χ4v) is 3.03. The van der Waals surface area contributed by atoms with E-state index < -0.39 is 22.2 Å². The van der Waals surface area contributed by atoms with Crippen molar-refractivity contribution >= 4 is 16.1 Å². The summed E-state index contributed by atoms with van der Waals surface area (Å²) in [5.74, 6) is -0.672. The van der Waals surface area contributed by atoms with Gasteiger partial charge in [0.2, 0.25) is 5.91 Å². The Morgan fingerprint density at radius 1 is 1.47 bits per heavy atom. The van der Waals surface area contributed by atoms with E-state index in [2.05, 4.69) is 4.72 Å². The van der Waals surface area contributed by atoms with Gasteiger partial charge in [0.25, 0.3) is 10.2 Å². The van der Waals surface area contributed by atoms with Crippen molar-refractivity contribution in [3.05, 3.63) is 35.4 Å². The van der Waals surface area contributed by atoms with Crippen molar-refractivity contribution in [1.82, 2.24) is 9.03 Å². The van der Waals surface area contributed by atoms with E-state index in [0.29, 0.717) is 5.56 Å². The average Bonchev–Trinajstić information content (AvgIpc) is 2.68. The highest BCUT2D eigenvalue weighted by atomic mass is 32.2. The summed E-state index contributed by atoms with van der Waals surface area (Å²) in [7, 11) is -2.38. The molecule has 1 aliphatic rings. The molecule has 1 unspecified atom stereocenters. The Labute approximate surface area is 99.6 Å². The lowest BCUT2D eigenvalue weighted by molar-refractivity contribution is -0.121. The molecule has 1 aromatic carbocycles. The molecule has 6 nitrogen and oxygen atoms in total. The number of benzene rings is 1. The van der Waals surface area contributed by atoms with Gasteiger partial charge in [-0.15, -0.1) is 0 Å². The van der Waals surface area contributed by atoms with E-state index in [4.69, 9.17) is 5.73 Å². The Hall–Kier alpha value is -1.44. The quantitative estimate of drug-likeness (QED) is 0.762. The molecule has 1 heterocycles. The lowest BCUT2D eigenvalue weighted by atomic mass is 10.1. The number of hydrogen-bond donors (Lipinski definition) is 2. The van der Waals surface area contributed by atoms with E-state index in [9.17, 15) is 13.2 Å². The summed E-state index contributed by atoms with van der Waals surface area (Å²) in [6, 6.07) is 6.13. The molecular formula is C10H13N3O3S. The summed E-state index contributed by atoms with van der Waals surface area (Å²) in [5, 5.41) is 0. The third-order valence-corrected chi connectivity index (χ3v) is 4.27. The topological polar surface area (TPSA) is 92.5 Å². The molecular weight excluding hydrogens is 242 g/mol. The van der Waals surface area contributed by atoms with Gasteiger partial charge in [-0.1, -0.05) is 24.3 Å². The molecule has 1 amide bonds. The second-order valence-corrected chi connectivity index (χ2v) is 5.59. The van der Waals surface area contributed by atoms with Gasteiger partial charge in [-0.3, -0.25) is 4.79 Å². The minimum absolute atomic E-state index is 0.160. The van der Waals surface area contributed by atoms with Crippen LogP contribution >= 0.6 is 0 Å². The smallest absolute Gasteiger partial charge is 0.280 e. The van der Waals surface area contributed by atoms with Gasteiger partial charge in [0, 0.05) is 13.6 Å². The van der Waals surface area contributed by atoms with Crippen LogP contribution in [0.5, 0.6) is 0 Å². The number of fused-ring (bicyclic) bond motifs is 1. The predicted octanol–water partition coefficient (Wildman–Crippen LogP) is -0.507. The molecule has 2 rings (SSSR count). The number of carbonyl (C=O) groups excluding carboxylic acids is 1. The Kier molecular flexibility index (Phi) is 2.90. The van der Waals surface area contributed by atoms with Gasteiger partial charge in [-0.25, -0.2) is 4.72 Å². The highest BCUT2D eigenvalue weighted by Gasteiger charge is 2.40. The number of nitrogens with one attached hydrogen (secondary N) is 1. The highest BCUT2D eigenvalue weighted by molar-refractivity contribution is 7.87. The largest absolute Gasteiger partial charge is 0.368 e. The number of nitrogens with two attached hydrogens (primary N) is 1. The average molecular weight is 255 g/mol. The SMILES string of the molecule is CNS(=O)(=O)N1Cc2ccccc2C1C(N)=O. The summed E-state index contributed by atoms with van der Waals surface area (Å²) >= 11 is 0. The van der Waals surface area contributed by atoms with Crippen molar-refractivity contribution in [2.24, 2.45) is 5.73 Å². The van der Waals surface area contributed by atoms with Gasteiger partial charge in [-0.2, -0.15) is 12.7 Å². The van der Waals surface area contributed by atoms with Gasteiger partial charge in [0.1, 0.15) is 6.04 Å². The van der Waals surface area contributed by atoms with Gasteiger partial charge in [0.05, 0.1) is 0 Å². The molecule has 1 aliphatic heterocycles. The molecule has 1 atom stereocenters. The molecule has 7 heteroatoms. The predicted molar refractivity (Wildman–Crippen MR) is 61.9 cm³/mol. The number of rotatable bonds is 3. The van der Waals surface area contributed by atoms with Crippen molar-refractivity contribution in [3.8, 4) is 0 Å². The van der Waals surface area contributed by atoms with Gasteiger partial charge in [-0.05, 0) is 11.1 Å². The zero-order valence-corrected chi connectivity index (χ0v) is 10.1. The van der Waals surface area contributed by atoms with Crippen molar-refractivity contribution in [2.75, 3.05) is 7.05 Å². The van der Waals surface area contributed by atoms with E-state index in [-0.39, 0.29) is 6.54 Å². The monoisotopic (exact) mass is 255 g/mol. The third-order valence-electron chi connectivity index (χ3n) is 2.80. The number of carbonyl (C=O) groups is 1. The van der Waals surface area contributed by atoms with Crippen LogP contribution in [-0.4, -0.2) is 25.7 Å². The Bertz CT molecular complexity index is 556. The molecule has 92 valence electrons. The first-order chi connectivity index (χ1) is 7.97. The minimum atomic E-state index is -3.68. The van der Waals surface area contributed by atoms with Crippen LogP contribution in [-0.2, 0) is 21.5 Å². The van der Waals surface area contributed by atoms with E-state index in [1.165, 1.54) is 7.05 Å². The first kappa shape index (κ1) is 12.0. The van der Waals surface area contributed by atoms with Crippen molar-refractivity contribution in [1.29, 1.82) is 0 Å². The fraction of sp³-hybridized carbons (Fsp3) is 0.300. The molecule has 0 radical (unpaired) electrons. The number of nitrogens with zero attached hydrogens (tertiary/aromatic N) is 1. The maximum absolute atomic E-state index is 11.8. The maximum atomic E-state index is 11.8. The normalized spacial score (nSPS) is 20.2. The van der Waals surface area contributed by atoms with Crippen LogP contribution in [0.15, 0.2) is 24.3 Å². The van der Waals surface area contributed by atoms with Gasteiger partial charge < -0.3 is 5.73 Å². The van der Waals surface area contributed by atoms with Crippen LogP contribution in [0.2, 0.25) is 0 Å². The van der Waals surface area contributed by atoms with Gasteiger partial charge in [0.15, 0.2) is 0 Å². The zero-order chi connectivity index (χ0) is 12.6. The molecule has 0 fully saturated rings. The standard InChI is InChI=1S/C10H13N3O3S/c1-12-17(15,16)13-6-7-4-2-3-5-8(7)9(13)10(11)14/h2-5,9,12H,6H2,1H3,(H2,11,14). The molecule has 0 aliphatic carbocycles. The molecule has 0 spiro atoms. The molecule has 0 aromatic heterocycles. The summed E-state index contributed by atoms with van der Waals surface area (Å²) in [6.45, 7) is 0.160. The first-order valence-electron chi connectivity index (χ1n) is 5.05. The maximum Gasteiger partial charge on any atom is 0.280 e. The fourth-order valence-electron chi connectivity index (χ4n) is 2.00. The Morgan fingerprint density at radius 2 is 2.12 bits per heavy atom. The lowest BCUT2D eigenvalue weighted by Gasteiger charge is -2.21. The van der Waals surface area contributed by atoms with Crippen LogP contribution in [0.3, 0.4) is 0 Å². The minimum Gasteiger partial charge on any atom is -0.368 e. The van der Waals surface area contributed by atoms with Crippen molar-refractivity contribution in [3.63, 3.8) is 0 Å². The molecule has 3 N–H and O–H groups in total. The first-order valence-corrected chi connectivity index (χ1v) is 6.49. The number of amides is 1. The Balaban J connectivity index is 2.51. The molecule has 17 heavy (non-hydrogen) atoms. The summed E-state index contributed by atoms with van der Waals surface area (Å²) in [5.41, 5.74) is 6.73. The Morgan fingerprint density at radius 3 is 2.71 bits per heavy atom. The zero-order valence-electron chi connectivity index (χ0n) is 9.25. The van der Waals surface area contributed by atoms with Gasteiger partial charge >= 0.3 is 0 Å². The molecule has 0 saturated heterocycles. The molecule has 0 bridgehead atoms. The molecule has 0 saturated carbocycles.